The van der Waals surface area contributed by atoms with Gasteiger partial charge in [0.15, 0.2) is 5.75 Å². The van der Waals surface area contributed by atoms with Crippen LogP contribution in [0.3, 0.4) is 0 Å². The number of aromatic nitrogens is 2. The third-order valence-corrected chi connectivity index (χ3v) is 3.26. The second kappa shape index (κ2) is 5.24. The molecule has 6 heteroatoms. The molecule has 0 spiro atoms. The highest BCUT2D eigenvalue weighted by atomic mass is 16.5. The maximum atomic E-state index is 12.4. The van der Waals surface area contributed by atoms with Crippen LogP contribution in [-0.2, 0) is 6.42 Å². The van der Waals surface area contributed by atoms with Crippen LogP contribution in [-0.4, -0.2) is 29.3 Å². The van der Waals surface area contributed by atoms with Crippen LogP contribution < -0.4 is 15.4 Å². The number of rotatable bonds is 3. The molecular weight excluding hydrogens is 256 g/mol. The number of amides is 1. The number of carbonyl (C=O) groups excluding carboxylic acids is 1. The molecule has 0 atom stereocenters. The minimum atomic E-state index is -0.204. The number of anilines is 2. The molecule has 0 unspecified atom stereocenters. The number of para-hydroxylation sites is 1. The van der Waals surface area contributed by atoms with Gasteiger partial charge < -0.3 is 15.4 Å². The van der Waals surface area contributed by atoms with E-state index in [2.05, 4.69) is 20.8 Å². The predicted molar refractivity (Wildman–Crippen MR) is 76.3 cm³/mol. The average molecular weight is 272 g/mol. The zero-order chi connectivity index (χ0) is 13.9. The van der Waals surface area contributed by atoms with Crippen molar-refractivity contribution in [3.8, 4) is 5.75 Å². The number of carbonyl (C=O) groups is 1. The molecule has 0 aliphatic carbocycles. The third kappa shape index (κ3) is 2.20. The molecule has 1 amide bonds. The molecular formula is C14H16N4O2. The summed E-state index contributed by atoms with van der Waals surface area (Å²) in [5.74, 6) is 1.04. The number of fused-ring (bicyclic) bond motifs is 1. The Hall–Kier alpha value is -2.50. The topological polar surface area (TPSA) is 79.0 Å². The molecule has 3 N–H and O–H groups in total. The number of hydrogen-bond acceptors (Lipinski definition) is 4. The van der Waals surface area contributed by atoms with E-state index in [1.54, 1.807) is 12.3 Å². The highest BCUT2D eigenvalue weighted by Crippen LogP contribution is 2.31. The van der Waals surface area contributed by atoms with Crippen LogP contribution in [0.15, 0.2) is 24.4 Å². The van der Waals surface area contributed by atoms with Crippen molar-refractivity contribution in [1.82, 2.24) is 10.2 Å². The van der Waals surface area contributed by atoms with E-state index >= 15 is 0 Å². The van der Waals surface area contributed by atoms with E-state index in [9.17, 15) is 4.79 Å². The van der Waals surface area contributed by atoms with Crippen LogP contribution in [0.1, 0.15) is 22.8 Å². The first-order valence-electron chi connectivity index (χ1n) is 6.63. The Kier molecular flexibility index (Phi) is 3.28. The van der Waals surface area contributed by atoms with Crippen molar-refractivity contribution in [1.29, 1.82) is 0 Å². The summed E-state index contributed by atoms with van der Waals surface area (Å²) in [5, 5.41) is 12.8. The predicted octanol–water partition coefficient (Wildman–Crippen LogP) is 2.03. The molecule has 0 radical (unpaired) electrons. The summed E-state index contributed by atoms with van der Waals surface area (Å²) < 4.78 is 5.60. The SMILES string of the molecule is CCc1cn[nH]c1NC(=O)c1cccc2c1OCCN2. The van der Waals surface area contributed by atoms with Gasteiger partial charge in [-0.2, -0.15) is 5.10 Å². The molecule has 0 saturated heterocycles. The van der Waals surface area contributed by atoms with Crippen LogP contribution >= 0.6 is 0 Å². The Balaban J connectivity index is 1.88. The fourth-order valence-electron chi connectivity index (χ4n) is 2.22. The van der Waals surface area contributed by atoms with Crippen molar-refractivity contribution >= 4 is 17.4 Å². The molecule has 2 aromatic rings. The van der Waals surface area contributed by atoms with E-state index in [-0.39, 0.29) is 5.91 Å². The molecule has 6 nitrogen and oxygen atoms in total. The summed E-state index contributed by atoms with van der Waals surface area (Å²) in [6.07, 6.45) is 2.52. The lowest BCUT2D eigenvalue weighted by atomic mass is 10.1. The van der Waals surface area contributed by atoms with E-state index in [1.807, 2.05) is 19.1 Å². The second-order valence-corrected chi connectivity index (χ2v) is 4.54. The Labute approximate surface area is 116 Å². The molecule has 0 saturated carbocycles. The first-order valence-corrected chi connectivity index (χ1v) is 6.63. The van der Waals surface area contributed by atoms with E-state index in [1.165, 1.54) is 0 Å². The molecule has 2 heterocycles. The zero-order valence-electron chi connectivity index (χ0n) is 11.2. The zero-order valence-corrected chi connectivity index (χ0v) is 11.2. The average Bonchev–Trinajstić information content (AvgIpc) is 2.93. The fourth-order valence-corrected chi connectivity index (χ4v) is 2.22. The molecule has 104 valence electrons. The summed E-state index contributed by atoms with van der Waals surface area (Å²) in [4.78, 5) is 12.4. The van der Waals surface area contributed by atoms with Crippen molar-refractivity contribution in [2.45, 2.75) is 13.3 Å². The number of aromatic amines is 1. The highest BCUT2D eigenvalue weighted by molar-refractivity contribution is 6.07. The van der Waals surface area contributed by atoms with Crippen LogP contribution in [0.2, 0.25) is 0 Å². The largest absolute Gasteiger partial charge is 0.489 e. The lowest BCUT2D eigenvalue weighted by molar-refractivity contribution is 0.102. The third-order valence-electron chi connectivity index (χ3n) is 3.26. The molecule has 3 rings (SSSR count). The smallest absolute Gasteiger partial charge is 0.260 e. The minimum absolute atomic E-state index is 0.204. The van der Waals surface area contributed by atoms with E-state index in [0.717, 1.165) is 24.2 Å². The number of nitrogens with zero attached hydrogens (tertiary/aromatic N) is 1. The Morgan fingerprint density at radius 2 is 2.40 bits per heavy atom. The van der Waals surface area contributed by atoms with Crippen molar-refractivity contribution < 1.29 is 9.53 Å². The van der Waals surface area contributed by atoms with Crippen LogP contribution in [0.5, 0.6) is 5.75 Å². The van der Waals surface area contributed by atoms with Gasteiger partial charge in [-0.3, -0.25) is 9.89 Å². The maximum Gasteiger partial charge on any atom is 0.260 e. The van der Waals surface area contributed by atoms with Gasteiger partial charge in [0.1, 0.15) is 12.4 Å². The first kappa shape index (κ1) is 12.5. The summed E-state index contributed by atoms with van der Waals surface area (Å²) in [5.41, 5.74) is 2.35. The Morgan fingerprint density at radius 3 is 3.25 bits per heavy atom. The molecule has 1 aliphatic heterocycles. The highest BCUT2D eigenvalue weighted by Gasteiger charge is 2.19. The number of nitrogens with one attached hydrogen (secondary N) is 3. The van der Waals surface area contributed by atoms with Gasteiger partial charge in [0.25, 0.3) is 5.91 Å². The second-order valence-electron chi connectivity index (χ2n) is 4.54. The van der Waals surface area contributed by atoms with Crippen LogP contribution in [0.25, 0.3) is 0 Å². The van der Waals surface area contributed by atoms with Gasteiger partial charge in [-0.25, -0.2) is 0 Å². The number of hydrogen-bond donors (Lipinski definition) is 3. The molecule has 1 aromatic heterocycles. The number of aryl methyl sites for hydroxylation is 1. The summed E-state index contributed by atoms with van der Waals surface area (Å²) in [7, 11) is 0. The van der Waals surface area contributed by atoms with Gasteiger partial charge in [0.2, 0.25) is 0 Å². The monoisotopic (exact) mass is 272 g/mol. The number of ether oxygens (including phenoxy) is 1. The van der Waals surface area contributed by atoms with E-state index in [4.69, 9.17) is 4.74 Å². The van der Waals surface area contributed by atoms with Gasteiger partial charge in [0, 0.05) is 12.1 Å². The molecule has 1 aliphatic rings. The summed E-state index contributed by atoms with van der Waals surface area (Å²) in [6, 6.07) is 5.49. The number of H-pyrrole nitrogens is 1. The standard InChI is InChI=1S/C14H16N4O2/c1-2-9-8-16-18-13(9)17-14(19)10-4-3-5-11-12(10)20-7-6-15-11/h3-5,8,15H,2,6-7H2,1H3,(H2,16,17,18,19). The Bertz CT molecular complexity index is 636. The summed E-state index contributed by atoms with van der Waals surface area (Å²) >= 11 is 0. The number of benzene rings is 1. The van der Waals surface area contributed by atoms with Gasteiger partial charge in [-0.1, -0.05) is 13.0 Å². The van der Waals surface area contributed by atoms with Crippen LogP contribution in [0.4, 0.5) is 11.5 Å². The lowest BCUT2D eigenvalue weighted by Crippen LogP contribution is -2.22. The van der Waals surface area contributed by atoms with Gasteiger partial charge >= 0.3 is 0 Å². The lowest BCUT2D eigenvalue weighted by Gasteiger charge is -2.21. The molecule has 20 heavy (non-hydrogen) atoms. The van der Waals surface area contributed by atoms with Crippen molar-refractivity contribution in [2.24, 2.45) is 0 Å². The Morgan fingerprint density at radius 1 is 1.50 bits per heavy atom. The van der Waals surface area contributed by atoms with Crippen LogP contribution in [0, 0.1) is 0 Å². The summed E-state index contributed by atoms with van der Waals surface area (Å²) in [6.45, 7) is 3.32. The fraction of sp³-hybridized carbons (Fsp3) is 0.286. The van der Waals surface area contributed by atoms with E-state index < -0.39 is 0 Å². The minimum Gasteiger partial charge on any atom is -0.489 e. The van der Waals surface area contributed by atoms with Crippen molar-refractivity contribution in [3.63, 3.8) is 0 Å². The normalized spacial score (nSPS) is 13.1. The van der Waals surface area contributed by atoms with Gasteiger partial charge in [-0.15, -0.1) is 0 Å². The molecule has 1 aromatic carbocycles. The quantitative estimate of drug-likeness (QED) is 0.798. The molecule has 0 fully saturated rings. The van der Waals surface area contributed by atoms with Crippen molar-refractivity contribution in [2.75, 3.05) is 23.8 Å². The van der Waals surface area contributed by atoms with Crippen molar-refractivity contribution in [3.05, 3.63) is 35.5 Å². The maximum absolute atomic E-state index is 12.4. The van der Waals surface area contributed by atoms with Gasteiger partial charge in [0.05, 0.1) is 17.4 Å². The molecule has 0 bridgehead atoms. The van der Waals surface area contributed by atoms with E-state index in [0.29, 0.717) is 23.7 Å². The van der Waals surface area contributed by atoms with Gasteiger partial charge in [-0.05, 0) is 18.6 Å². The first-order chi connectivity index (χ1) is 9.79.